The standard InChI is InChI=1S/C8H17O5P/c1-4-6(14(11,12)13)5-8(2,3)7(9)10/h6H,4-5H2,1-3H3,(H,9,10)(H2,11,12,13)/p-3. The average Bonchev–Trinajstić information content (AvgIpc) is 1.97. The van der Waals surface area contributed by atoms with Crippen LogP contribution in [0.2, 0.25) is 0 Å². The third-order valence-electron chi connectivity index (χ3n) is 2.22. The van der Waals surface area contributed by atoms with Crippen LogP contribution in [0.3, 0.4) is 0 Å². The van der Waals surface area contributed by atoms with Crippen molar-refractivity contribution in [2.45, 2.75) is 39.3 Å². The van der Waals surface area contributed by atoms with Gasteiger partial charge in [-0.1, -0.05) is 28.4 Å². The maximum Gasteiger partial charge on any atom is 0.0470 e. The number of hydrogen-bond donors (Lipinski definition) is 0. The molecular weight excluding hydrogens is 207 g/mol. The summed E-state index contributed by atoms with van der Waals surface area (Å²) in [5, 5.41) is 10.6. The molecule has 0 amide bonds. The molecule has 0 radical (unpaired) electrons. The Morgan fingerprint density at radius 3 is 2.07 bits per heavy atom. The molecule has 0 saturated carbocycles. The van der Waals surface area contributed by atoms with Crippen LogP contribution in [0, 0.1) is 5.41 Å². The first-order valence-electron chi connectivity index (χ1n) is 4.34. The molecule has 0 aliphatic rings. The van der Waals surface area contributed by atoms with Crippen LogP contribution in [-0.2, 0) is 9.36 Å². The Hall–Kier alpha value is -0.380. The summed E-state index contributed by atoms with van der Waals surface area (Å²) in [5.41, 5.74) is -2.42. The number of carbonyl (C=O) groups is 1. The fraction of sp³-hybridized carbons (Fsp3) is 0.875. The number of carboxylic acid groups (broad SMARTS) is 1. The first-order valence-corrected chi connectivity index (χ1v) is 5.95. The normalized spacial score (nSPS) is 15.2. The molecule has 0 aromatic carbocycles. The largest absolute Gasteiger partial charge is 0.811 e. The van der Waals surface area contributed by atoms with Gasteiger partial charge in [-0.15, -0.1) is 0 Å². The molecular formula is C8H14O5P-3. The Labute approximate surface area is 83.3 Å². The van der Waals surface area contributed by atoms with E-state index >= 15 is 0 Å². The van der Waals surface area contributed by atoms with E-state index in [9.17, 15) is 24.3 Å². The predicted molar refractivity (Wildman–Crippen MR) is 45.1 cm³/mol. The van der Waals surface area contributed by atoms with Crippen molar-refractivity contribution in [3.05, 3.63) is 0 Å². The Kier molecular flexibility index (Phi) is 4.31. The van der Waals surface area contributed by atoms with Gasteiger partial charge in [0.25, 0.3) is 0 Å². The van der Waals surface area contributed by atoms with Crippen molar-refractivity contribution in [1.29, 1.82) is 0 Å². The molecule has 0 N–H and O–H groups in total. The second-order valence-corrected chi connectivity index (χ2v) is 5.79. The molecule has 0 rings (SSSR count). The molecule has 0 aliphatic heterocycles. The van der Waals surface area contributed by atoms with E-state index in [1.165, 1.54) is 13.8 Å². The summed E-state index contributed by atoms with van der Waals surface area (Å²) >= 11 is 0. The van der Waals surface area contributed by atoms with Crippen molar-refractivity contribution in [2.24, 2.45) is 5.41 Å². The lowest BCUT2D eigenvalue weighted by Crippen LogP contribution is -2.41. The summed E-state index contributed by atoms with van der Waals surface area (Å²) in [7, 11) is -4.70. The molecule has 0 aromatic rings. The highest BCUT2D eigenvalue weighted by Gasteiger charge is 2.25. The maximum absolute atomic E-state index is 10.7. The fourth-order valence-corrected chi connectivity index (χ4v) is 2.28. The van der Waals surface area contributed by atoms with Crippen LogP contribution in [0.15, 0.2) is 0 Å². The van der Waals surface area contributed by atoms with E-state index in [1.807, 2.05) is 0 Å². The fourth-order valence-electron chi connectivity index (χ4n) is 1.15. The Morgan fingerprint density at radius 1 is 1.43 bits per heavy atom. The van der Waals surface area contributed by atoms with Gasteiger partial charge in [0.05, 0.1) is 0 Å². The van der Waals surface area contributed by atoms with E-state index in [0.717, 1.165) is 0 Å². The second kappa shape index (κ2) is 4.43. The van der Waals surface area contributed by atoms with E-state index < -0.39 is 24.6 Å². The smallest absolute Gasteiger partial charge is 0.0470 e. The number of hydrogen-bond acceptors (Lipinski definition) is 5. The highest BCUT2D eigenvalue weighted by Crippen LogP contribution is 2.40. The van der Waals surface area contributed by atoms with E-state index in [1.54, 1.807) is 6.92 Å². The van der Waals surface area contributed by atoms with E-state index in [2.05, 4.69) is 0 Å². The lowest BCUT2D eigenvalue weighted by Gasteiger charge is -2.42. The highest BCUT2D eigenvalue weighted by molar-refractivity contribution is 7.49. The molecule has 0 fully saturated rings. The lowest BCUT2D eigenvalue weighted by atomic mass is 9.87. The third-order valence-corrected chi connectivity index (χ3v) is 3.66. The van der Waals surface area contributed by atoms with Crippen LogP contribution >= 0.6 is 7.60 Å². The van der Waals surface area contributed by atoms with Crippen LogP contribution in [0.1, 0.15) is 33.6 Å². The summed E-state index contributed by atoms with van der Waals surface area (Å²) in [6, 6.07) is 0. The molecule has 5 nitrogen and oxygen atoms in total. The van der Waals surface area contributed by atoms with Gasteiger partial charge in [-0.25, -0.2) is 0 Å². The summed E-state index contributed by atoms with van der Waals surface area (Å²) < 4.78 is 10.7. The Morgan fingerprint density at radius 2 is 1.86 bits per heavy atom. The summed E-state index contributed by atoms with van der Waals surface area (Å²) in [6.07, 6.45) is -0.0723. The van der Waals surface area contributed by atoms with Crippen molar-refractivity contribution in [3.8, 4) is 0 Å². The Balaban J connectivity index is 4.64. The van der Waals surface area contributed by atoms with Crippen LogP contribution < -0.4 is 14.9 Å². The molecule has 0 aromatic heterocycles. The first-order chi connectivity index (χ1) is 6.11. The van der Waals surface area contributed by atoms with Crippen LogP contribution in [0.4, 0.5) is 0 Å². The monoisotopic (exact) mass is 221 g/mol. The zero-order chi connectivity index (χ0) is 11.6. The molecule has 0 aliphatic carbocycles. The van der Waals surface area contributed by atoms with Gasteiger partial charge in [0.1, 0.15) is 0 Å². The van der Waals surface area contributed by atoms with Crippen LogP contribution in [-0.4, -0.2) is 11.6 Å². The van der Waals surface area contributed by atoms with Gasteiger partial charge in [0.2, 0.25) is 0 Å². The van der Waals surface area contributed by atoms with Gasteiger partial charge in [-0.3, -0.25) is 0 Å². The topological polar surface area (TPSA) is 103 Å². The number of carbonyl (C=O) groups excluding carboxylic acids is 1. The second-order valence-electron chi connectivity index (χ2n) is 3.98. The maximum atomic E-state index is 10.7. The van der Waals surface area contributed by atoms with Gasteiger partial charge >= 0.3 is 0 Å². The zero-order valence-electron chi connectivity index (χ0n) is 8.48. The van der Waals surface area contributed by atoms with Gasteiger partial charge in [0.15, 0.2) is 0 Å². The minimum absolute atomic E-state index is 0.126. The van der Waals surface area contributed by atoms with Crippen LogP contribution in [0.25, 0.3) is 0 Å². The van der Waals surface area contributed by atoms with Gasteiger partial charge < -0.3 is 24.3 Å². The van der Waals surface area contributed by atoms with Crippen molar-refractivity contribution in [3.63, 3.8) is 0 Å². The predicted octanol–water partition coefficient (Wildman–Crippen LogP) is -1.16. The average molecular weight is 221 g/mol. The van der Waals surface area contributed by atoms with E-state index in [4.69, 9.17) is 0 Å². The highest BCUT2D eigenvalue weighted by atomic mass is 31.2. The molecule has 1 atom stereocenters. The SMILES string of the molecule is CCC(CC(C)(C)C(=O)[O-])P(=O)([O-])[O-]. The lowest BCUT2D eigenvalue weighted by molar-refractivity contribution is -0.321. The molecule has 84 valence electrons. The van der Waals surface area contributed by atoms with Crippen molar-refractivity contribution < 1.29 is 24.3 Å². The molecule has 0 bridgehead atoms. The molecule has 1 unspecified atom stereocenters. The Bertz CT molecular complexity index is 254. The summed E-state index contributed by atoms with van der Waals surface area (Å²) in [6.45, 7) is 4.24. The summed E-state index contributed by atoms with van der Waals surface area (Å²) in [5.74, 6) is -1.34. The molecule has 0 heterocycles. The van der Waals surface area contributed by atoms with Gasteiger partial charge in [-0.05, 0) is 18.5 Å². The third kappa shape index (κ3) is 3.78. The minimum atomic E-state index is -4.70. The quantitative estimate of drug-likeness (QED) is 0.545. The molecule has 6 heteroatoms. The van der Waals surface area contributed by atoms with Crippen molar-refractivity contribution in [1.82, 2.24) is 0 Å². The molecule has 0 saturated heterocycles. The molecule has 0 spiro atoms. The first kappa shape index (κ1) is 13.6. The zero-order valence-corrected chi connectivity index (χ0v) is 9.37. The van der Waals surface area contributed by atoms with E-state index in [-0.39, 0.29) is 12.8 Å². The molecule has 14 heavy (non-hydrogen) atoms. The minimum Gasteiger partial charge on any atom is -0.811 e. The number of rotatable bonds is 5. The van der Waals surface area contributed by atoms with Crippen LogP contribution in [0.5, 0.6) is 0 Å². The number of carboxylic acids is 1. The van der Waals surface area contributed by atoms with Gasteiger partial charge in [-0.2, -0.15) is 0 Å². The van der Waals surface area contributed by atoms with E-state index in [0.29, 0.717) is 0 Å². The number of aliphatic carboxylic acids is 1. The van der Waals surface area contributed by atoms with Crippen molar-refractivity contribution >= 4 is 13.6 Å². The summed E-state index contributed by atoms with van der Waals surface area (Å²) in [4.78, 5) is 32.0. The van der Waals surface area contributed by atoms with Crippen molar-refractivity contribution in [2.75, 3.05) is 0 Å². The van der Waals surface area contributed by atoms with Gasteiger partial charge in [0, 0.05) is 11.4 Å².